The molecule has 0 aliphatic heterocycles. The number of benzene rings is 3. The number of hydrogen-bond acceptors (Lipinski definition) is 5. The summed E-state index contributed by atoms with van der Waals surface area (Å²) >= 11 is 11.9. The number of rotatable bonds is 8. The highest BCUT2D eigenvalue weighted by atomic mass is 35.5. The van der Waals surface area contributed by atoms with E-state index in [-0.39, 0.29) is 29.0 Å². The van der Waals surface area contributed by atoms with E-state index >= 15 is 0 Å². The van der Waals surface area contributed by atoms with Crippen LogP contribution >= 0.6 is 23.2 Å². The van der Waals surface area contributed by atoms with Gasteiger partial charge >= 0.3 is 5.97 Å². The molecule has 0 unspecified atom stereocenters. The lowest BCUT2D eigenvalue weighted by molar-refractivity contribution is -0.123. The Kier molecular flexibility index (Phi) is 8.68. The summed E-state index contributed by atoms with van der Waals surface area (Å²) in [4.78, 5) is 24.4. The average molecular weight is 499 g/mol. The molecule has 6 nitrogen and oxygen atoms in total. The number of nitrogens with zero attached hydrogens (tertiary/aromatic N) is 1. The minimum Gasteiger partial charge on any atom is -0.483 e. The van der Waals surface area contributed by atoms with E-state index in [4.69, 9.17) is 32.7 Å². The fourth-order valence-electron chi connectivity index (χ4n) is 3.04. The van der Waals surface area contributed by atoms with Gasteiger partial charge in [-0.2, -0.15) is 5.10 Å². The Bertz CT molecular complexity index is 1210. The third-order valence-electron chi connectivity index (χ3n) is 4.79. The van der Waals surface area contributed by atoms with Crippen LogP contribution in [0.5, 0.6) is 11.5 Å². The van der Waals surface area contributed by atoms with Gasteiger partial charge in [-0.15, -0.1) is 0 Å². The van der Waals surface area contributed by atoms with Crippen molar-refractivity contribution in [1.82, 2.24) is 5.43 Å². The Morgan fingerprint density at radius 3 is 2.44 bits per heavy atom. The molecule has 0 spiro atoms. The first-order chi connectivity index (χ1) is 16.2. The Morgan fingerprint density at radius 1 is 1.03 bits per heavy atom. The van der Waals surface area contributed by atoms with E-state index in [1.54, 1.807) is 30.3 Å². The van der Waals surface area contributed by atoms with Crippen molar-refractivity contribution in [2.75, 3.05) is 6.61 Å². The van der Waals surface area contributed by atoms with E-state index in [1.165, 1.54) is 18.3 Å². The van der Waals surface area contributed by atoms with Crippen LogP contribution in [0.1, 0.15) is 46.8 Å². The van der Waals surface area contributed by atoms with Crippen LogP contribution in [0.25, 0.3) is 0 Å². The van der Waals surface area contributed by atoms with Crippen molar-refractivity contribution in [3.05, 3.63) is 93.0 Å². The van der Waals surface area contributed by atoms with Crippen LogP contribution < -0.4 is 14.9 Å². The molecular weight excluding hydrogens is 475 g/mol. The zero-order valence-electron chi connectivity index (χ0n) is 19.0. The lowest BCUT2D eigenvalue weighted by Gasteiger charge is -2.14. The van der Waals surface area contributed by atoms with E-state index in [1.807, 2.05) is 25.1 Å². The molecule has 0 aliphatic rings. The number of aryl methyl sites for hydroxylation is 1. The number of carbonyl (C=O) groups is 2. The smallest absolute Gasteiger partial charge is 0.345 e. The van der Waals surface area contributed by atoms with Crippen LogP contribution in [0.2, 0.25) is 10.0 Å². The molecule has 1 N–H and O–H groups in total. The number of ether oxygens (including phenoxy) is 2. The molecule has 0 saturated heterocycles. The third-order valence-corrected chi connectivity index (χ3v) is 5.34. The molecule has 8 heteroatoms. The summed E-state index contributed by atoms with van der Waals surface area (Å²) in [7, 11) is 0. The highest BCUT2D eigenvalue weighted by molar-refractivity contribution is 6.36. The first kappa shape index (κ1) is 25.3. The maximum Gasteiger partial charge on any atom is 0.345 e. The minimum atomic E-state index is -0.593. The van der Waals surface area contributed by atoms with Gasteiger partial charge in [-0.05, 0) is 78.1 Å². The summed E-state index contributed by atoms with van der Waals surface area (Å²) in [6.45, 7) is 5.96. The van der Waals surface area contributed by atoms with Crippen molar-refractivity contribution in [3.63, 3.8) is 0 Å². The van der Waals surface area contributed by atoms with E-state index in [0.29, 0.717) is 22.1 Å². The monoisotopic (exact) mass is 498 g/mol. The molecule has 3 aromatic rings. The molecule has 34 heavy (non-hydrogen) atoms. The molecule has 3 rings (SSSR count). The normalized spacial score (nSPS) is 11.0. The Labute approximate surface area is 208 Å². The zero-order chi connectivity index (χ0) is 24.7. The first-order valence-corrected chi connectivity index (χ1v) is 11.3. The maximum absolute atomic E-state index is 12.3. The molecular formula is C26H24Cl2N2O4. The SMILES string of the molecule is Cc1ccc(C(C)C)c(OCC(=O)N/N=C\c2ccc(OC(=O)c3ccc(Cl)cc3Cl)cc2)c1. The van der Waals surface area contributed by atoms with Crippen LogP contribution in [0.4, 0.5) is 0 Å². The summed E-state index contributed by atoms with van der Waals surface area (Å²) in [5, 5.41) is 4.59. The highest BCUT2D eigenvalue weighted by Crippen LogP contribution is 2.27. The van der Waals surface area contributed by atoms with Crippen LogP contribution in [0.15, 0.2) is 65.8 Å². The zero-order valence-corrected chi connectivity index (χ0v) is 20.5. The number of amides is 1. The standard InChI is InChI=1S/C26H24Cl2N2O4/c1-16(2)21-10-4-17(3)12-24(21)33-15-25(31)30-29-14-18-5-8-20(9-6-18)34-26(32)22-11-7-19(27)13-23(22)28/h4-14,16H,15H2,1-3H3,(H,30,31)/b29-14-. The fraction of sp³-hybridized carbons (Fsp3) is 0.192. The van der Waals surface area contributed by atoms with Crippen molar-refractivity contribution >= 4 is 41.3 Å². The van der Waals surface area contributed by atoms with E-state index in [9.17, 15) is 9.59 Å². The molecule has 176 valence electrons. The summed E-state index contributed by atoms with van der Waals surface area (Å²) < 4.78 is 11.0. The van der Waals surface area contributed by atoms with Gasteiger partial charge in [0, 0.05) is 5.02 Å². The number of nitrogens with one attached hydrogen (secondary N) is 1. The second kappa shape index (κ2) is 11.7. The third kappa shape index (κ3) is 7.07. The average Bonchev–Trinajstić information content (AvgIpc) is 2.78. The van der Waals surface area contributed by atoms with Gasteiger partial charge in [-0.3, -0.25) is 4.79 Å². The van der Waals surface area contributed by atoms with Gasteiger partial charge in [-0.25, -0.2) is 10.2 Å². The molecule has 0 atom stereocenters. The number of hydrazone groups is 1. The molecule has 0 radical (unpaired) electrons. The van der Waals surface area contributed by atoms with Crippen molar-refractivity contribution in [2.24, 2.45) is 5.10 Å². The molecule has 0 heterocycles. The highest BCUT2D eigenvalue weighted by Gasteiger charge is 2.13. The number of halogens is 2. The summed E-state index contributed by atoms with van der Waals surface area (Å²) in [6, 6.07) is 17.1. The molecule has 1 amide bonds. The van der Waals surface area contributed by atoms with E-state index in [2.05, 4.69) is 24.4 Å². The number of esters is 1. The summed E-state index contributed by atoms with van der Waals surface area (Å²) in [6.07, 6.45) is 1.48. The van der Waals surface area contributed by atoms with Crippen molar-refractivity contribution in [2.45, 2.75) is 26.7 Å². The first-order valence-electron chi connectivity index (χ1n) is 10.6. The Hall–Kier alpha value is -3.35. The topological polar surface area (TPSA) is 77.0 Å². The predicted octanol–water partition coefficient (Wildman–Crippen LogP) is 6.17. The Balaban J connectivity index is 1.51. The predicted molar refractivity (Wildman–Crippen MR) is 134 cm³/mol. The number of carbonyl (C=O) groups excluding carboxylic acids is 2. The minimum absolute atomic E-state index is 0.150. The number of hydrogen-bond donors (Lipinski definition) is 1. The molecule has 0 bridgehead atoms. The molecule has 0 saturated carbocycles. The van der Waals surface area contributed by atoms with Gasteiger partial charge in [-0.1, -0.05) is 49.2 Å². The summed E-state index contributed by atoms with van der Waals surface area (Å²) in [5.41, 5.74) is 5.46. The fourth-order valence-corrected chi connectivity index (χ4v) is 3.52. The van der Waals surface area contributed by atoms with Gasteiger partial charge in [0.2, 0.25) is 0 Å². The van der Waals surface area contributed by atoms with Gasteiger partial charge in [0.25, 0.3) is 5.91 Å². The van der Waals surface area contributed by atoms with Crippen LogP contribution in [-0.2, 0) is 4.79 Å². The molecule has 3 aromatic carbocycles. The molecule has 0 aromatic heterocycles. The van der Waals surface area contributed by atoms with E-state index in [0.717, 1.165) is 11.1 Å². The second-order valence-corrected chi connectivity index (χ2v) is 8.70. The van der Waals surface area contributed by atoms with Crippen molar-refractivity contribution in [1.29, 1.82) is 0 Å². The van der Waals surface area contributed by atoms with Crippen molar-refractivity contribution < 1.29 is 19.1 Å². The maximum atomic E-state index is 12.3. The van der Waals surface area contributed by atoms with Gasteiger partial charge < -0.3 is 9.47 Å². The summed E-state index contributed by atoms with van der Waals surface area (Å²) in [5.74, 6) is 0.341. The van der Waals surface area contributed by atoms with Crippen molar-refractivity contribution in [3.8, 4) is 11.5 Å². The van der Waals surface area contributed by atoms with Crippen LogP contribution in [0.3, 0.4) is 0 Å². The molecule has 0 fully saturated rings. The lowest BCUT2D eigenvalue weighted by atomic mass is 10.0. The van der Waals surface area contributed by atoms with Gasteiger partial charge in [0.15, 0.2) is 6.61 Å². The van der Waals surface area contributed by atoms with Crippen LogP contribution in [-0.4, -0.2) is 24.7 Å². The van der Waals surface area contributed by atoms with E-state index < -0.39 is 5.97 Å². The Morgan fingerprint density at radius 2 is 1.76 bits per heavy atom. The second-order valence-electron chi connectivity index (χ2n) is 7.86. The lowest BCUT2D eigenvalue weighted by Crippen LogP contribution is -2.25. The largest absolute Gasteiger partial charge is 0.483 e. The quantitative estimate of drug-likeness (QED) is 0.174. The van der Waals surface area contributed by atoms with Crippen LogP contribution in [0, 0.1) is 6.92 Å². The molecule has 0 aliphatic carbocycles. The van der Waals surface area contributed by atoms with Gasteiger partial charge in [0.1, 0.15) is 11.5 Å². The van der Waals surface area contributed by atoms with Gasteiger partial charge in [0.05, 0.1) is 16.8 Å².